The highest BCUT2D eigenvalue weighted by molar-refractivity contribution is 5.78. The largest absolute Gasteiger partial charge is 0.356 e. The third-order valence-electron chi connectivity index (χ3n) is 2.10. The summed E-state index contributed by atoms with van der Waals surface area (Å²) in [5.74, 6) is 0.163. The van der Waals surface area contributed by atoms with Crippen molar-refractivity contribution in [3.63, 3.8) is 0 Å². The third-order valence-corrected chi connectivity index (χ3v) is 2.10. The maximum absolute atomic E-state index is 11.3. The number of carbonyl (C=O) groups is 2. The summed E-state index contributed by atoms with van der Waals surface area (Å²) in [7, 11) is 3.39. The van der Waals surface area contributed by atoms with E-state index in [1.54, 1.807) is 14.1 Å². The smallest absolute Gasteiger partial charge is 0.223 e. The second kappa shape index (κ2) is 7.23. The van der Waals surface area contributed by atoms with E-state index in [0.29, 0.717) is 25.9 Å². The van der Waals surface area contributed by atoms with Crippen molar-refractivity contribution >= 4 is 11.8 Å². The monoisotopic (exact) mass is 215 g/mol. The first kappa shape index (κ1) is 13.9. The van der Waals surface area contributed by atoms with Crippen LogP contribution in [-0.4, -0.2) is 43.9 Å². The molecule has 0 aliphatic carbocycles. The molecule has 0 rings (SSSR count). The molecule has 0 aromatic carbocycles. The summed E-state index contributed by atoms with van der Waals surface area (Å²) in [5, 5.41) is 2.69. The SMILES string of the molecule is CC(CN)CC(=O)NCCC(=O)N(C)C. The second-order valence-corrected chi connectivity index (χ2v) is 3.93. The highest BCUT2D eigenvalue weighted by atomic mass is 16.2. The Balaban J connectivity index is 3.60. The van der Waals surface area contributed by atoms with E-state index in [0.717, 1.165) is 0 Å². The van der Waals surface area contributed by atoms with Gasteiger partial charge < -0.3 is 16.0 Å². The maximum atomic E-state index is 11.3. The molecule has 5 heteroatoms. The summed E-state index contributed by atoms with van der Waals surface area (Å²) in [6.45, 7) is 2.82. The van der Waals surface area contributed by atoms with Crippen LogP contribution in [0.5, 0.6) is 0 Å². The molecule has 0 aromatic rings. The standard InChI is InChI=1S/C10H21N3O2/c1-8(7-11)6-9(14)12-5-4-10(15)13(2)3/h8H,4-7,11H2,1-3H3,(H,12,14). The minimum absolute atomic E-state index is 0.0159. The van der Waals surface area contributed by atoms with Gasteiger partial charge in [-0.2, -0.15) is 0 Å². The lowest BCUT2D eigenvalue weighted by atomic mass is 10.1. The molecular weight excluding hydrogens is 194 g/mol. The zero-order valence-corrected chi connectivity index (χ0v) is 9.75. The van der Waals surface area contributed by atoms with Crippen LogP contribution in [0.1, 0.15) is 19.8 Å². The van der Waals surface area contributed by atoms with Crippen molar-refractivity contribution in [1.82, 2.24) is 10.2 Å². The molecule has 0 bridgehead atoms. The van der Waals surface area contributed by atoms with Crippen molar-refractivity contribution in [3.8, 4) is 0 Å². The molecule has 2 amide bonds. The van der Waals surface area contributed by atoms with Crippen LogP contribution in [0, 0.1) is 5.92 Å². The fourth-order valence-electron chi connectivity index (χ4n) is 1.00. The average molecular weight is 215 g/mol. The van der Waals surface area contributed by atoms with E-state index in [1.165, 1.54) is 4.90 Å². The summed E-state index contributed by atoms with van der Waals surface area (Å²) >= 11 is 0. The highest BCUT2D eigenvalue weighted by Gasteiger charge is 2.08. The van der Waals surface area contributed by atoms with Crippen LogP contribution in [0.3, 0.4) is 0 Å². The molecule has 0 radical (unpaired) electrons. The van der Waals surface area contributed by atoms with Crippen molar-refractivity contribution in [3.05, 3.63) is 0 Å². The second-order valence-electron chi connectivity index (χ2n) is 3.93. The van der Waals surface area contributed by atoms with Crippen LogP contribution in [0.25, 0.3) is 0 Å². The lowest BCUT2D eigenvalue weighted by molar-refractivity contribution is -0.128. The van der Waals surface area contributed by atoms with Gasteiger partial charge in [-0.25, -0.2) is 0 Å². The van der Waals surface area contributed by atoms with Crippen LogP contribution < -0.4 is 11.1 Å². The molecule has 0 aromatic heterocycles. The van der Waals surface area contributed by atoms with Crippen LogP contribution in [0.2, 0.25) is 0 Å². The van der Waals surface area contributed by atoms with Gasteiger partial charge >= 0.3 is 0 Å². The molecule has 1 atom stereocenters. The van der Waals surface area contributed by atoms with Crippen LogP contribution in [0.4, 0.5) is 0 Å². The van der Waals surface area contributed by atoms with Crippen LogP contribution in [0.15, 0.2) is 0 Å². The molecule has 3 N–H and O–H groups in total. The number of amides is 2. The summed E-state index contributed by atoms with van der Waals surface area (Å²) in [5.41, 5.74) is 5.40. The van der Waals surface area contributed by atoms with Gasteiger partial charge in [-0.05, 0) is 12.5 Å². The fraction of sp³-hybridized carbons (Fsp3) is 0.800. The summed E-state index contributed by atoms with van der Waals surface area (Å²) in [6.07, 6.45) is 0.766. The molecule has 0 saturated heterocycles. The van der Waals surface area contributed by atoms with Gasteiger partial charge in [0.2, 0.25) is 11.8 Å². The molecule has 0 spiro atoms. The van der Waals surface area contributed by atoms with E-state index in [1.807, 2.05) is 6.92 Å². The van der Waals surface area contributed by atoms with Crippen LogP contribution >= 0.6 is 0 Å². The zero-order chi connectivity index (χ0) is 11.8. The first-order valence-corrected chi connectivity index (χ1v) is 5.14. The van der Waals surface area contributed by atoms with Gasteiger partial charge in [0.15, 0.2) is 0 Å². The van der Waals surface area contributed by atoms with E-state index in [9.17, 15) is 9.59 Å². The van der Waals surface area contributed by atoms with Gasteiger partial charge in [-0.15, -0.1) is 0 Å². The summed E-state index contributed by atoms with van der Waals surface area (Å²) < 4.78 is 0. The molecule has 0 aliphatic rings. The molecule has 0 aliphatic heterocycles. The Bertz CT molecular complexity index is 217. The topological polar surface area (TPSA) is 75.4 Å². The van der Waals surface area contributed by atoms with Crippen molar-refractivity contribution < 1.29 is 9.59 Å². The molecule has 15 heavy (non-hydrogen) atoms. The minimum atomic E-state index is -0.0421. The number of carbonyl (C=O) groups excluding carboxylic acids is 2. The van der Waals surface area contributed by atoms with E-state index in [2.05, 4.69) is 5.32 Å². The molecule has 0 saturated carbocycles. The average Bonchev–Trinajstić information content (AvgIpc) is 2.17. The van der Waals surface area contributed by atoms with Gasteiger partial charge in [0.1, 0.15) is 0 Å². The third kappa shape index (κ3) is 6.90. The number of rotatable bonds is 6. The molecular formula is C10H21N3O2. The van der Waals surface area contributed by atoms with Gasteiger partial charge in [-0.3, -0.25) is 9.59 Å². The first-order chi connectivity index (χ1) is 6.97. The van der Waals surface area contributed by atoms with Gasteiger partial charge in [-0.1, -0.05) is 6.92 Å². The zero-order valence-electron chi connectivity index (χ0n) is 9.75. The van der Waals surface area contributed by atoms with E-state index in [-0.39, 0.29) is 17.7 Å². The van der Waals surface area contributed by atoms with Crippen LogP contribution in [-0.2, 0) is 9.59 Å². The van der Waals surface area contributed by atoms with E-state index < -0.39 is 0 Å². The number of nitrogens with one attached hydrogen (secondary N) is 1. The first-order valence-electron chi connectivity index (χ1n) is 5.14. The summed E-state index contributed by atoms with van der Waals surface area (Å²) in [4.78, 5) is 23.9. The Morgan fingerprint density at radius 2 is 2.00 bits per heavy atom. The molecule has 88 valence electrons. The molecule has 0 fully saturated rings. The Kier molecular flexibility index (Phi) is 6.70. The number of hydrogen-bond donors (Lipinski definition) is 2. The lowest BCUT2D eigenvalue weighted by Crippen LogP contribution is -2.31. The molecule has 0 heterocycles. The Morgan fingerprint density at radius 3 is 2.47 bits per heavy atom. The van der Waals surface area contributed by atoms with Gasteiger partial charge in [0, 0.05) is 33.5 Å². The molecule has 5 nitrogen and oxygen atoms in total. The van der Waals surface area contributed by atoms with E-state index >= 15 is 0 Å². The van der Waals surface area contributed by atoms with Crippen molar-refractivity contribution in [1.29, 1.82) is 0 Å². The predicted molar refractivity (Wildman–Crippen MR) is 59.2 cm³/mol. The van der Waals surface area contributed by atoms with Crippen molar-refractivity contribution in [2.45, 2.75) is 19.8 Å². The predicted octanol–water partition coefficient (Wildman–Crippen LogP) is -0.434. The Morgan fingerprint density at radius 1 is 1.40 bits per heavy atom. The van der Waals surface area contributed by atoms with Gasteiger partial charge in [0.05, 0.1) is 0 Å². The Hall–Kier alpha value is -1.10. The Labute approximate surface area is 91.0 Å². The number of nitrogens with two attached hydrogens (primary N) is 1. The number of hydrogen-bond acceptors (Lipinski definition) is 3. The molecule has 1 unspecified atom stereocenters. The lowest BCUT2D eigenvalue weighted by Gasteiger charge is -2.11. The number of nitrogens with zero attached hydrogens (tertiary/aromatic N) is 1. The summed E-state index contributed by atoms with van der Waals surface area (Å²) in [6, 6.07) is 0. The fourth-order valence-corrected chi connectivity index (χ4v) is 1.00. The minimum Gasteiger partial charge on any atom is -0.356 e. The van der Waals surface area contributed by atoms with Crippen molar-refractivity contribution in [2.75, 3.05) is 27.2 Å². The van der Waals surface area contributed by atoms with Crippen molar-refractivity contribution in [2.24, 2.45) is 11.7 Å². The maximum Gasteiger partial charge on any atom is 0.223 e. The normalized spacial score (nSPS) is 12.0. The quantitative estimate of drug-likeness (QED) is 0.631. The highest BCUT2D eigenvalue weighted by Crippen LogP contribution is 1.97. The van der Waals surface area contributed by atoms with Gasteiger partial charge in [0.25, 0.3) is 0 Å². The van der Waals surface area contributed by atoms with E-state index in [4.69, 9.17) is 5.73 Å².